The van der Waals surface area contributed by atoms with Crippen LogP contribution in [-0.4, -0.2) is 44.8 Å². The van der Waals surface area contributed by atoms with Crippen molar-refractivity contribution in [2.75, 3.05) is 5.75 Å². The maximum Gasteiger partial charge on any atom is 0.326 e. The molecule has 2 fully saturated rings. The number of fused-ring (bicyclic) bond motifs is 1. The number of hydrogen-bond acceptors (Lipinski definition) is 4. The number of likely N-dealkylation sites (tertiary alicyclic amines) is 1. The predicted octanol–water partition coefficient (Wildman–Crippen LogP) is 2.54. The van der Waals surface area contributed by atoms with Gasteiger partial charge in [-0.15, -0.1) is 0 Å². The summed E-state index contributed by atoms with van der Waals surface area (Å²) in [4.78, 5) is 37.3. The van der Waals surface area contributed by atoms with Gasteiger partial charge in [-0.2, -0.15) is 0 Å². The van der Waals surface area contributed by atoms with Crippen molar-refractivity contribution in [3.05, 3.63) is 0 Å². The number of carboxylic acid groups (broad SMARTS) is 1. The van der Waals surface area contributed by atoms with Gasteiger partial charge in [0.05, 0.1) is 0 Å². The topological polar surface area (TPSA) is 74.7 Å². The summed E-state index contributed by atoms with van der Waals surface area (Å²) in [5.74, 6) is -0.546. The van der Waals surface area contributed by atoms with E-state index in [2.05, 4.69) is 0 Å². The highest BCUT2D eigenvalue weighted by Crippen LogP contribution is 2.40. The highest BCUT2D eigenvalue weighted by Gasteiger charge is 2.48. The van der Waals surface area contributed by atoms with Crippen LogP contribution in [0, 0.1) is 11.8 Å². The normalized spacial score (nSPS) is 29.0. The molecule has 1 N–H and O–H groups in total. The van der Waals surface area contributed by atoms with Crippen molar-refractivity contribution in [3.8, 4) is 0 Å². The van der Waals surface area contributed by atoms with E-state index < -0.39 is 12.0 Å². The van der Waals surface area contributed by atoms with Gasteiger partial charge in [0.25, 0.3) is 0 Å². The Hall–Kier alpha value is -1.04. The van der Waals surface area contributed by atoms with E-state index in [9.17, 15) is 19.5 Å². The lowest BCUT2D eigenvalue weighted by molar-refractivity contribution is -0.151. The van der Waals surface area contributed by atoms with Crippen LogP contribution in [0.25, 0.3) is 0 Å². The minimum Gasteiger partial charge on any atom is -0.480 e. The Balaban J connectivity index is 2.07. The van der Waals surface area contributed by atoms with Gasteiger partial charge in [-0.1, -0.05) is 38.5 Å². The highest BCUT2D eigenvalue weighted by atomic mass is 32.2. The molecule has 6 heteroatoms. The van der Waals surface area contributed by atoms with Gasteiger partial charge in [0.15, 0.2) is 5.12 Å². The summed E-state index contributed by atoms with van der Waals surface area (Å²) in [5.41, 5.74) is 0. The van der Waals surface area contributed by atoms with Gasteiger partial charge >= 0.3 is 5.97 Å². The van der Waals surface area contributed by atoms with Crippen molar-refractivity contribution >= 4 is 28.8 Å². The predicted molar refractivity (Wildman–Crippen MR) is 85.6 cm³/mol. The molecule has 0 aromatic rings. The number of nitrogens with zero attached hydrogens (tertiary/aromatic N) is 1. The zero-order chi connectivity index (χ0) is 16.3. The fraction of sp³-hybridized carbons (Fsp3) is 0.812. The molecule has 22 heavy (non-hydrogen) atoms. The molecule has 4 unspecified atom stereocenters. The van der Waals surface area contributed by atoms with E-state index in [1.165, 1.54) is 11.8 Å². The second-order valence-corrected chi connectivity index (χ2v) is 7.46. The van der Waals surface area contributed by atoms with Crippen molar-refractivity contribution in [1.82, 2.24) is 4.90 Å². The lowest BCUT2D eigenvalue weighted by atomic mass is 9.84. The first kappa shape index (κ1) is 17.3. The van der Waals surface area contributed by atoms with Crippen LogP contribution in [0.1, 0.15) is 52.4 Å². The number of carbonyl (C=O) groups is 3. The van der Waals surface area contributed by atoms with E-state index in [4.69, 9.17) is 0 Å². The number of carboxylic acids is 1. The summed E-state index contributed by atoms with van der Waals surface area (Å²) >= 11 is 1.18. The highest BCUT2D eigenvalue weighted by molar-refractivity contribution is 8.13. The summed E-state index contributed by atoms with van der Waals surface area (Å²) in [7, 11) is 0. The molecule has 1 saturated carbocycles. The zero-order valence-corrected chi connectivity index (χ0v) is 14.1. The molecule has 0 aromatic heterocycles. The second kappa shape index (κ2) is 7.49. The summed E-state index contributed by atoms with van der Waals surface area (Å²) in [6.45, 7) is 3.60. The van der Waals surface area contributed by atoms with Crippen LogP contribution in [0.3, 0.4) is 0 Å². The summed E-state index contributed by atoms with van der Waals surface area (Å²) in [6.07, 6.45) is 5.17. The fourth-order valence-electron chi connectivity index (χ4n) is 3.64. The SMILES string of the molecule is CCC(=O)SCC(C)C(=O)N1C(C(=O)O)CC2CCCCC21. The van der Waals surface area contributed by atoms with E-state index >= 15 is 0 Å². The first-order valence-corrected chi connectivity index (χ1v) is 9.14. The summed E-state index contributed by atoms with van der Waals surface area (Å²) < 4.78 is 0. The van der Waals surface area contributed by atoms with Crippen LogP contribution >= 0.6 is 11.8 Å². The molecule has 124 valence electrons. The van der Waals surface area contributed by atoms with Gasteiger partial charge in [0.1, 0.15) is 6.04 Å². The Bertz CT molecular complexity index is 453. The molecular weight excluding hydrogens is 302 g/mol. The molecular formula is C16H25NO4S. The Morgan fingerprint density at radius 2 is 1.95 bits per heavy atom. The molecule has 0 aromatic carbocycles. The number of thioether (sulfide) groups is 1. The molecule has 4 atom stereocenters. The van der Waals surface area contributed by atoms with Gasteiger partial charge in [-0.3, -0.25) is 9.59 Å². The number of amides is 1. The van der Waals surface area contributed by atoms with E-state index in [0.717, 1.165) is 25.7 Å². The third-order valence-corrected chi connectivity index (χ3v) is 6.11. The zero-order valence-electron chi connectivity index (χ0n) is 13.3. The molecule has 1 aliphatic heterocycles. The minimum absolute atomic E-state index is 0.0754. The first-order valence-electron chi connectivity index (χ1n) is 8.16. The van der Waals surface area contributed by atoms with Gasteiger partial charge in [-0.25, -0.2) is 4.79 Å². The monoisotopic (exact) mass is 327 g/mol. The molecule has 0 spiro atoms. The van der Waals surface area contributed by atoms with Crippen LogP contribution in [0.15, 0.2) is 0 Å². The fourth-order valence-corrected chi connectivity index (χ4v) is 4.43. The Labute approximate surface area is 135 Å². The van der Waals surface area contributed by atoms with Crippen LogP contribution in [0.2, 0.25) is 0 Å². The summed E-state index contributed by atoms with van der Waals surface area (Å²) in [6, 6.07) is -0.605. The molecule has 0 bridgehead atoms. The van der Waals surface area contributed by atoms with Gasteiger partial charge in [0, 0.05) is 24.1 Å². The minimum atomic E-state index is -0.896. The quantitative estimate of drug-likeness (QED) is 0.840. The van der Waals surface area contributed by atoms with Crippen molar-refractivity contribution in [2.45, 2.75) is 64.5 Å². The standard InChI is InChI=1S/C16H25NO4S/c1-3-14(18)22-9-10(2)15(19)17-12-7-5-4-6-11(12)8-13(17)16(20)21/h10-13H,3-9H2,1-2H3,(H,20,21). The van der Waals surface area contributed by atoms with Gasteiger partial charge in [0.2, 0.25) is 5.91 Å². The third kappa shape index (κ3) is 3.65. The molecule has 2 rings (SSSR count). The van der Waals surface area contributed by atoms with E-state index in [0.29, 0.717) is 24.5 Å². The van der Waals surface area contributed by atoms with Crippen molar-refractivity contribution in [1.29, 1.82) is 0 Å². The third-order valence-electron chi connectivity index (χ3n) is 4.83. The second-order valence-electron chi connectivity index (χ2n) is 6.38. The molecule has 1 amide bonds. The number of carbonyl (C=O) groups excluding carboxylic acids is 2. The summed E-state index contributed by atoms with van der Waals surface area (Å²) in [5, 5.41) is 9.54. The Morgan fingerprint density at radius 1 is 1.27 bits per heavy atom. The van der Waals surface area contributed by atoms with Crippen LogP contribution in [0.5, 0.6) is 0 Å². The Morgan fingerprint density at radius 3 is 2.59 bits per heavy atom. The molecule has 5 nitrogen and oxygen atoms in total. The lowest BCUT2D eigenvalue weighted by Gasteiger charge is -2.34. The van der Waals surface area contributed by atoms with E-state index in [-0.39, 0.29) is 23.0 Å². The maximum absolute atomic E-state index is 12.8. The molecule has 1 saturated heterocycles. The lowest BCUT2D eigenvalue weighted by Crippen LogP contribution is -2.48. The van der Waals surface area contributed by atoms with Gasteiger partial charge < -0.3 is 10.0 Å². The van der Waals surface area contributed by atoms with Crippen LogP contribution in [0.4, 0.5) is 0 Å². The number of aliphatic carboxylic acids is 1. The smallest absolute Gasteiger partial charge is 0.326 e. The van der Waals surface area contributed by atoms with Crippen LogP contribution in [-0.2, 0) is 14.4 Å². The molecule has 2 aliphatic rings. The van der Waals surface area contributed by atoms with Crippen molar-refractivity contribution in [3.63, 3.8) is 0 Å². The average Bonchev–Trinajstić information content (AvgIpc) is 2.91. The van der Waals surface area contributed by atoms with Gasteiger partial charge in [-0.05, 0) is 25.2 Å². The van der Waals surface area contributed by atoms with E-state index in [1.807, 2.05) is 0 Å². The van der Waals surface area contributed by atoms with E-state index in [1.54, 1.807) is 18.7 Å². The van der Waals surface area contributed by atoms with Crippen molar-refractivity contribution < 1.29 is 19.5 Å². The number of rotatable bonds is 5. The molecule has 1 aliphatic carbocycles. The van der Waals surface area contributed by atoms with Crippen molar-refractivity contribution in [2.24, 2.45) is 11.8 Å². The first-order chi connectivity index (χ1) is 10.5. The average molecular weight is 327 g/mol. The number of hydrogen-bond donors (Lipinski definition) is 1. The molecule has 0 radical (unpaired) electrons. The molecule has 1 heterocycles. The van der Waals surface area contributed by atoms with Crippen LogP contribution < -0.4 is 0 Å². The maximum atomic E-state index is 12.8. The largest absolute Gasteiger partial charge is 0.480 e. The Kier molecular flexibility index (Phi) is 5.89.